The number of hydrogen-bond acceptors (Lipinski definition) is 2. The molecule has 0 aromatic heterocycles. The number of fused-ring (bicyclic) bond motifs is 1. The second-order valence-electron chi connectivity index (χ2n) is 4.74. The Morgan fingerprint density at radius 1 is 1.10 bits per heavy atom. The average molecular weight is 341 g/mol. The van der Waals surface area contributed by atoms with Gasteiger partial charge in [0.2, 0.25) is 0 Å². The van der Waals surface area contributed by atoms with Crippen LogP contribution >= 0.6 is 15.9 Å². The SMILES string of the molecule is OC1CC(c2cc(F)cc(F)c2)Oc2cc(Br)ccc21. The molecule has 0 aliphatic carbocycles. The van der Waals surface area contributed by atoms with Gasteiger partial charge in [0.1, 0.15) is 23.5 Å². The van der Waals surface area contributed by atoms with Crippen LogP contribution in [0.2, 0.25) is 0 Å². The maximum atomic E-state index is 13.3. The van der Waals surface area contributed by atoms with Crippen molar-refractivity contribution in [2.45, 2.75) is 18.6 Å². The molecule has 0 bridgehead atoms. The van der Waals surface area contributed by atoms with E-state index in [4.69, 9.17) is 4.74 Å². The van der Waals surface area contributed by atoms with E-state index in [9.17, 15) is 13.9 Å². The molecule has 2 aromatic rings. The predicted molar refractivity (Wildman–Crippen MR) is 73.4 cm³/mol. The molecule has 1 N–H and O–H groups in total. The third-order valence-corrected chi connectivity index (χ3v) is 3.79. The van der Waals surface area contributed by atoms with Crippen molar-refractivity contribution >= 4 is 15.9 Å². The van der Waals surface area contributed by atoms with Gasteiger partial charge in [0.05, 0.1) is 6.10 Å². The Morgan fingerprint density at radius 2 is 1.80 bits per heavy atom. The fraction of sp³-hybridized carbons (Fsp3) is 0.200. The molecule has 0 spiro atoms. The zero-order valence-corrected chi connectivity index (χ0v) is 11.9. The first-order valence-electron chi connectivity index (χ1n) is 6.13. The predicted octanol–water partition coefficient (Wildman–Crippen LogP) is 4.28. The van der Waals surface area contributed by atoms with Gasteiger partial charge in [0.25, 0.3) is 0 Å². The molecule has 2 unspecified atom stereocenters. The summed E-state index contributed by atoms with van der Waals surface area (Å²) in [6, 6.07) is 8.58. The van der Waals surface area contributed by atoms with Crippen LogP contribution < -0.4 is 4.74 Å². The smallest absolute Gasteiger partial charge is 0.127 e. The van der Waals surface area contributed by atoms with Gasteiger partial charge in [0, 0.05) is 22.5 Å². The summed E-state index contributed by atoms with van der Waals surface area (Å²) < 4.78 is 33.1. The van der Waals surface area contributed by atoms with Crippen LogP contribution in [0.15, 0.2) is 40.9 Å². The van der Waals surface area contributed by atoms with E-state index >= 15 is 0 Å². The number of benzene rings is 2. The number of rotatable bonds is 1. The van der Waals surface area contributed by atoms with E-state index in [1.165, 1.54) is 12.1 Å². The fourth-order valence-corrected chi connectivity index (χ4v) is 2.72. The summed E-state index contributed by atoms with van der Waals surface area (Å²) in [6.45, 7) is 0. The molecule has 0 amide bonds. The topological polar surface area (TPSA) is 29.5 Å². The Balaban J connectivity index is 1.98. The lowest BCUT2D eigenvalue weighted by atomic mass is 9.95. The molecule has 2 aromatic carbocycles. The first kappa shape index (κ1) is 13.5. The van der Waals surface area contributed by atoms with Gasteiger partial charge in [-0.05, 0) is 29.8 Å². The highest BCUT2D eigenvalue weighted by Crippen LogP contribution is 2.42. The molecule has 3 rings (SSSR count). The van der Waals surface area contributed by atoms with Gasteiger partial charge >= 0.3 is 0 Å². The molecular formula is C15H11BrF2O2. The van der Waals surface area contributed by atoms with E-state index in [1.54, 1.807) is 12.1 Å². The van der Waals surface area contributed by atoms with Gasteiger partial charge in [-0.25, -0.2) is 8.78 Å². The highest BCUT2D eigenvalue weighted by Gasteiger charge is 2.28. The molecule has 2 atom stereocenters. The average Bonchev–Trinajstić information content (AvgIpc) is 2.36. The number of halogens is 3. The molecule has 1 aliphatic rings. The number of aliphatic hydroxyl groups excluding tert-OH is 1. The highest BCUT2D eigenvalue weighted by molar-refractivity contribution is 9.10. The molecular weight excluding hydrogens is 330 g/mol. The van der Waals surface area contributed by atoms with Crippen LogP contribution in [-0.4, -0.2) is 5.11 Å². The molecule has 104 valence electrons. The molecule has 1 heterocycles. The zero-order valence-electron chi connectivity index (χ0n) is 10.3. The van der Waals surface area contributed by atoms with Gasteiger partial charge in [-0.15, -0.1) is 0 Å². The summed E-state index contributed by atoms with van der Waals surface area (Å²) in [4.78, 5) is 0. The van der Waals surface area contributed by atoms with E-state index in [1.807, 2.05) is 6.07 Å². The van der Waals surface area contributed by atoms with Gasteiger partial charge in [-0.2, -0.15) is 0 Å². The van der Waals surface area contributed by atoms with Crippen LogP contribution in [0.3, 0.4) is 0 Å². The van der Waals surface area contributed by atoms with Gasteiger partial charge in [-0.1, -0.05) is 22.0 Å². The molecule has 2 nitrogen and oxygen atoms in total. The Morgan fingerprint density at radius 3 is 2.50 bits per heavy atom. The van der Waals surface area contributed by atoms with Gasteiger partial charge < -0.3 is 9.84 Å². The first-order valence-corrected chi connectivity index (χ1v) is 6.92. The molecule has 1 aliphatic heterocycles. The van der Waals surface area contributed by atoms with Crippen LogP contribution in [-0.2, 0) is 0 Å². The lowest BCUT2D eigenvalue weighted by Crippen LogP contribution is -2.19. The van der Waals surface area contributed by atoms with Crippen molar-refractivity contribution in [2.24, 2.45) is 0 Å². The van der Waals surface area contributed by atoms with Crippen LogP contribution in [0, 0.1) is 11.6 Å². The first-order chi connectivity index (χ1) is 9.52. The number of hydrogen-bond donors (Lipinski definition) is 1. The molecule has 0 saturated carbocycles. The maximum Gasteiger partial charge on any atom is 0.127 e. The van der Waals surface area contributed by atoms with Crippen molar-refractivity contribution in [3.05, 3.63) is 63.6 Å². The van der Waals surface area contributed by atoms with Crippen molar-refractivity contribution in [3.8, 4) is 5.75 Å². The van der Waals surface area contributed by atoms with Crippen LogP contribution in [0.25, 0.3) is 0 Å². The second kappa shape index (κ2) is 5.14. The Labute approximate surface area is 123 Å². The lowest BCUT2D eigenvalue weighted by molar-refractivity contribution is 0.0653. The summed E-state index contributed by atoms with van der Waals surface area (Å²) in [5.41, 5.74) is 1.06. The summed E-state index contributed by atoms with van der Waals surface area (Å²) in [6.07, 6.45) is -1.03. The summed E-state index contributed by atoms with van der Waals surface area (Å²) >= 11 is 3.33. The second-order valence-corrected chi connectivity index (χ2v) is 5.66. The standard InChI is InChI=1S/C15H11BrF2O2/c16-9-1-2-12-13(19)7-14(20-15(12)5-9)8-3-10(17)6-11(18)4-8/h1-6,13-14,19H,7H2. The molecule has 0 saturated heterocycles. The lowest BCUT2D eigenvalue weighted by Gasteiger charge is -2.30. The van der Waals surface area contributed by atoms with E-state index in [2.05, 4.69) is 15.9 Å². The minimum atomic E-state index is -0.719. The minimum Gasteiger partial charge on any atom is -0.485 e. The summed E-state index contributed by atoms with van der Waals surface area (Å²) in [5, 5.41) is 10.1. The Kier molecular flexibility index (Phi) is 3.48. The van der Waals surface area contributed by atoms with Crippen molar-refractivity contribution in [3.63, 3.8) is 0 Å². The number of aliphatic hydroxyl groups is 1. The third kappa shape index (κ3) is 2.55. The van der Waals surface area contributed by atoms with Crippen molar-refractivity contribution < 1.29 is 18.6 Å². The number of ether oxygens (including phenoxy) is 1. The molecule has 5 heteroatoms. The van der Waals surface area contributed by atoms with E-state index in [-0.39, 0.29) is 6.42 Å². The van der Waals surface area contributed by atoms with E-state index in [0.29, 0.717) is 16.9 Å². The fourth-order valence-electron chi connectivity index (χ4n) is 2.38. The van der Waals surface area contributed by atoms with E-state index in [0.717, 1.165) is 10.5 Å². The normalized spacial score (nSPS) is 21.2. The largest absolute Gasteiger partial charge is 0.485 e. The Hall–Kier alpha value is -1.46. The van der Waals surface area contributed by atoms with Gasteiger partial charge in [0.15, 0.2) is 0 Å². The molecule has 0 radical (unpaired) electrons. The highest BCUT2D eigenvalue weighted by atomic mass is 79.9. The third-order valence-electron chi connectivity index (χ3n) is 3.30. The monoisotopic (exact) mass is 340 g/mol. The quantitative estimate of drug-likeness (QED) is 0.839. The minimum absolute atomic E-state index is 0.261. The van der Waals surface area contributed by atoms with Crippen LogP contribution in [0.4, 0.5) is 8.78 Å². The zero-order chi connectivity index (χ0) is 14.3. The maximum absolute atomic E-state index is 13.3. The van der Waals surface area contributed by atoms with Gasteiger partial charge in [-0.3, -0.25) is 0 Å². The molecule has 0 fully saturated rings. The van der Waals surface area contributed by atoms with Crippen LogP contribution in [0.5, 0.6) is 5.75 Å². The van der Waals surface area contributed by atoms with Crippen molar-refractivity contribution in [1.82, 2.24) is 0 Å². The van der Waals surface area contributed by atoms with Crippen molar-refractivity contribution in [1.29, 1.82) is 0 Å². The summed E-state index contributed by atoms with van der Waals surface area (Å²) in [7, 11) is 0. The summed E-state index contributed by atoms with van der Waals surface area (Å²) in [5.74, 6) is -0.788. The molecule has 20 heavy (non-hydrogen) atoms. The Bertz CT molecular complexity index is 640. The van der Waals surface area contributed by atoms with Crippen LogP contribution in [0.1, 0.15) is 29.8 Å². The van der Waals surface area contributed by atoms with E-state index < -0.39 is 23.8 Å². The van der Waals surface area contributed by atoms with Crippen molar-refractivity contribution in [2.75, 3.05) is 0 Å².